The van der Waals surface area contributed by atoms with Gasteiger partial charge in [0.15, 0.2) is 5.82 Å². The Labute approximate surface area is 160 Å². The molecule has 0 aliphatic rings. The van der Waals surface area contributed by atoms with Crippen molar-refractivity contribution in [2.75, 3.05) is 20.6 Å². The van der Waals surface area contributed by atoms with Gasteiger partial charge in [-0.25, -0.2) is 19.8 Å². The standard InChI is InChI=1S/C16H23IN6O2/c1-16(2,3)25-15(24)18-6-7-23-8-11(17)12-13(21-10-22(4)5)19-9-20-14(12)23/h8-10H,6-7H2,1-5H3,(H,18,24). The first kappa shape index (κ1) is 19.4. The van der Waals surface area contributed by atoms with Crippen LogP contribution in [0.3, 0.4) is 0 Å². The zero-order valence-corrected chi connectivity index (χ0v) is 17.2. The number of amides is 1. The van der Waals surface area contributed by atoms with Crippen molar-refractivity contribution in [3.8, 4) is 0 Å². The van der Waals surface area contributed by atoms with E-state index in [2.05, 4.69) is 42.9 Å². The molecule has 2 rings (SSSR count). The van der Waals surface area contributed by atoms with E-state index in [-0.39, 0.29) is 0 Å². The first-order chi connectivity index (χ1) is 11.7. The molecule has 1 N–H and O–H groups in total. The van der Waals surface area contributed by atoms with Gasteiger partial charge in [0.2, 0.25) is 0 Å². The van der Waals surface area contributed by atoms with Gasteiger partial charge in [0, 0.05) is 37.0 Å². The summed E-state index contributed by atoms with van der Waals surface area (Å²) in [6.45, 7) is 6.52. The van der Waals surface area contributed by atoms with E-state index >= 15 is 0 Å². The van der Waals surface area contributed by atoms with Crippen LogP contribution < -0.4 is 5.32 Å². The van der Waals surface area contributed by atoms with E-state index in [0.29, 0.717) is 18.9 Å². The maximum absolute atomic E-state index is 11.7. The summed E-state index contributed by atoms with van der Waals surface area (Å²) in [5, 5.41) is 3.65. The number of carbonyl (C=O) groups excluding carboxylic acids is 1. The Kier molecular flexibility index (Phi) is 6.20. The molecular formula is C16H23IN6O2. The van der Waals surface area contributed by atoms with Crippen molar-refractivity contribution in [3.63, 3.8) is 0 Å². The third kappa shape index (κ3) is 5.55. The van der Waals surface area contributed by atoms with Crippen LogP contribution in [0.1, 0.15) is 20.8 Å². The van der Waals surface area contributed by atoms with Crippen LogP contribution in [0.15, 0.2) is 17.5 Å². The molecule has 0 radical (unpaired) electrons. The number of ether oxygens (including phenoxy) is 1. The normalized spacial score (nSPS) is 11.9. The minimum Gasteiger partial charge on any atom is -0.444 e. The fraction of sp³-hybridized carbons (Fsp3) is 0.500. The maximum Gasteiger partial charge on any atom is 0.407 e. The number of aromatic nitrogens is 3. The minimum absolute atomic E-state index is 0.426. The predicted octanol–water partition coefficient (Wildman–Crippen LogP) is 2.78. The van der Waals surface area contributed by atoms with Crippen LogP contribution in [0.4, 0.5) is 10.6 Å². The van der Waals surface area contributed by atoms with Crippen molar-refractivity contribution in [2.24, 2.45) is 4.99 Å². The summed E-state index contributed by atoms with van der Waals surface area (Å²) >= 11 is 2.24. The highest BCUT2D eigenvalue weighted by Crippen LogP contribution is 2.28. The fourth-order valence-corrected chi connectivity index (χ4v) is 2.91. The maximum atomic E-state index is 11.7. The number of nitrogens with one attached hydrogen (secondary N) is 1. The molecule has 8 nitrogen and oxygen atoms in total. The highest BCUT2D eigenvalue weighted by atomic mass is 127. The summed E-state index contributed by atoms with van der Waals surface area (Å²) in [6.07, 6.45) is 4.76. The van der Waals surface area contributed by atoms with E-state index < -0.39 is 11.7 Å². The first-order valence-electron chi connectivity index (χ1n) is 7.84. The van der Waals surface area contributed by atoms with Crippen LogP contribution in [-0.2, 0) is 11.3 Å². The number of halogens is 1. The molecule has 0 spiro atoms. The Balaban J connectivity index is 2.12. The van der Waals surface area contributed by atoms with Gasteiger partial charge in [-0.3, -0.25) is 0 Å². The van der Waals surface area contributed by atoms with Gasteiger partial charge in [-0.15, -0.1) is 0 Å². The number of nitrogens with zero attached hydrogens (tertiary/aromatic N) is 5. The molecule has 1 amide bonds. The van der Waals surface area contributed by atoms with Gasteiger partial charge < -0.3 is 19.5 Å². The quantitative estimate of drug-likeness (QED) is 0.423. The summed E-state index contributed by atoms with van der Waals surface area (Å²) in [6, 6.07) is 0. The number of carbonyl (C=O) groups is 1. The Morgan fingerprint density at radius 3 is 2.80 bits per heavy atom. The highest BCUT2D eigenvalue weighted by molar-refractivity contribution is 14.1. The van der Waals surface area contributed by atoms with Gasteiger partial charge in [-0.1, -0.05) is 0 Å². The van der Waals surface area contributed by atoms with Crippen molar-refractivity contribution in [1.29, 1.82) is 0 Å². The molecule has 0 aliphatic heterocycles. The molecule has 0 atom stereocenters. The largest absolute Gasteiger partial charge is 0.444 e. The van der Waals surface area contributed by atoms with E-state index in [9.17, 15) is 4.79 Å². The Hall–Kier alpha value is -1.91. The molecular weight excluding hydrogens is 435 g/mol. The molecule has 0 aliphatic carbocycles. The van der Waals surface area contributed by atoms with Crippen molar-refractivity contribution >= 4 is 51.9 Å². The number of rotatable bonds is 5. The summed E-state index contributed by atoms with van der Waals surface area (Å²) in [5.74, 6) is 0.627. The van der Waals surface area contributed by atoms with E-state index in [1.807, 2.05) is 50.5 Å². The lowest BCUT2D eigenvalue weighted by Crippen LogP contribution is -2.34. The second-order valence-electron chi connectivity index (χ2n) is 6.70. The van der Waals surface area contributed by atoms with Crippen LogP contribution >= 0.6 is 22.6 Å². The minimum atomic E-state index is -0.508. The van der Waals surface area contributed by atoms with Gasteiger partial charge in [-0.2, -0.15) is 0 Å². The van der Waals surface area contributed by atoms with Crippen molar-refractivity contribution < 1.29 is 9.53 Å². The monoisotopic (exact) mass is 458 g/mol. The topological polar surface area (TPSA) is 84.6 Å². The summed E-state index contributed by atoms with van der Waals surface area (Å²) < 4.78 is 8.22. The van der Waals surface area contributed by atoms with Crippen molar-refractivity contribution in [2.45, 2.75) is 32.9 Å². The second-order valence-corrected chi connectivity index (χ2v) is 7.87. The van der Waals surface area contributed by atoms with E-state index in [4.69, 9.17) is 4.74 Å². The molecule has 0 saturated carbocycles. The lowest BCUT2D eigenvalue weighted by atomic mass is 10.2. The van der Waals surface area contributed by atoms with E-state index in [1.165, 1.54) is 6.33 Å². The van der Waals surface area contributed by atoms with Crippen molar-refractivity contribution in [1.82, 2.24) is 24.8 Å². The van der Waals surface area contributed by atoms with Crippen molar-refractivity contribution in [3.05, 3.63) is 16.1 Å². The van der Waals surface area contributed by atoms with Crippen LogP contribution in [-0.4, -0.2) is 58.1 Å². The number of alkyl carbamates (subject to hydrolysis) is 1. The number of hydrogen-bond donors (Lipinski definition) is 1. The number of aliphatic imine (C=N–C) groups is 1. The molecule has 2 aromatic heterocycles. The average molecular weight is 458 g/mol. The number of hydrogen-bond acceptors (Lipinski definition) is 5. The Morgan fingerprint density at radius 1 is 1.44 bits per heavy atom. The Morgan fingerprint density at radius 2 is 2.16 bits per heavy atom. The lowest BCUT2D eigenvalue weighted by molar-refractivity contribution is 0.0526. The average Bonchev–Trinajstić information content (AvgIpc) is 2.80. The molecule has 25 heavy (non-hydrogen) atoms. The molecule has 9 heteroatoms. The third-order valence-electron chi connectivity index (χ3n) is 3.02. The van der Waals surface area contributed by atoms with Gasteiger partial charge in [0.25, 0.3) is 0 Å². The zero-order valence-electron chi connectivity index (χ0n) is 15.1. The van der Waals surface area contributed by atoms with Gasteiger partial charge >= 0.3 is 6.09 Å². The smallest absolute Gasteiger partial charge is 0.407 e. The second kappa shape index (κ2) is 7.98. The van der Waals surface area contributed by atoms with Crippen LogP contribution in [0.2, 0.25) is 0 Å². The summed E-state index contributed by atoms with van der Waals surface area (Å²) in [4.78, 5) is 26.6. The molecule has 0 unspecified atom stereocenters. The van der Waals surface area contributed by atoms with Gasteiger partial charge in [0.05, 0.1) is 11.7 Å². The highest BCUT2D eigenvalue weighted by Gasteiger charge is 2.16. The zero-order chi connectivity index (χ0) is 18.6. The molecule has 0 aromatic carbocycles. The number of fused-ring (bicyclic) bond motifs is 1. The Bertz CT molecular complexity index is 779. The summed E-state index contributed by atoms with van der Waals surface area (Å²) in [7, 11) is 3.81. The van der Waals surface area contributed by atoms with E-state index in [0.717, 1.165) is 14.6 Å². The molecule has 2 heterocycles. The molecule has 0 fully saturated rings. The van der Waals surface area contributed by atoms with Crippen LogP contribution in [0.5, 0.6) is 0 Å². The van der Waals surface area contributed by atoms with Crippen LogP contribution in [0, 0.1) is 3.57 Å². The summed E-state index contributed by atoms with van der Waals surface area (Å²) in [5.41, 5.74) is 0.280. The first-order valence-corrected chi connectivity index (χ1v) is 8.92. The van der Waals surface area contributed by atoms with Crippen LogP contribution in [0.25, 0.3) is 11.0 Å². The lowest BCUT2D eigenvalue weighted by Gasteiger charge is -2.19. The van der Waals surface area contributed by atoms with Gasteiger partial charge in [-0.05, 0) is 43.4 Å². The molecule has 136 valence electrons. The SMILES string of the molecule is CN(C)C=Nc1ncnc2c1c(I)cn2CCNC(=O)OC(C)(C)C. The molecule has 0 bridgehead atoms. The molecule has 0 saturated heterocycles. The fourth-order valence-electron chi connectivity index (χ4n) is 2.09. The third-order valence-corrected chi connectivity index (χ3v) is 3.84. The van der Waals surface area contributed by atoms with Gasteiger partial charge in [0.1, 0.15) is 17.6 Å². The van der Waals surface area contributed by atoms with E-state index in [1.54, 1.807) is 6.34 Å². The molecule has 2 aromatic rings. The predicted molar refractivity (Wildman–Crippen MR) is 106 cm³/mol.